The van der Waals surface area contributed by atoms with Crippen molar-refractivity contribution in [1.82, 2.24) is 18.1 Å². The van der Waals surface area contributed by atoms with Crippen molar-refractivity contribution < 1.29 is 0 Å². The van der Waals surface area contributed by atoms with E-state index in [0.717, 1.165) is 0 Å². The van der Waals surface area contributed by atoms with Crippen molar-refractivity contribution in [3.05, 3.63) is 206 Å². The molecule has 0 N–H and O–H groups in total. The summed E-state index contributed by atoms with van der Waals surface area (Å²) in [6.07, 6.45) is 0. The van der Waals surface area contributed by atoms with Gasteiger partial charge in [0.05, 0.1) is 33.1 Å². The van der Waals surface area contributed by atoms with Crippen LogP contribution in [0.2, 0.25) is 0 Å². The lowest BCUT2D eigenvalue weighted by molar-refractivity contribution is 1.18. The minimum absolute atomic E-state index is 0.0566. The smallest absolute Gasteiger partial charge is 0.333 e. The lowest BCUT2D eigenvalue weighted by Crippen LogP contribution is -2.55. The third-order valence-electron chi connectivity index (χ3n) is 16.5. The van der Waals surface area contributed by atoms with Gasteiger partial charge < -0.3 is 18.1 Å². The normalized spacial score (nSPS) is 13.5. The van der Waals surface area contributed by atoms with Crippen molar-refractivity contribution >= 4 is 112 Å². The molecule has 14 aromatic rings. The molecule has 4 aromatic heterocycles. The molecule has 4 aliphatic rings. The Morgan fingerprint density at radius 3 is 1.50 bits per heavy atom. The Bertz CT molecular complexity index is 4680. The van der Waals surface area contributed by atoms with E-state index in [1.54, 1.807) is 0 Å². The van der Waals surface area contributed by atoms with E-state index in [1.807, 2.05) is 0 Å². The van der Waals surface area contributed by atoms with E-state index in [0.29, 0.717) is 0 Å². The third kappa shape index (κ3) is 3.77. The highest BCUT2D eigenvalue weighted by Crippen LogP contribution is 2.53. The summed E-state index contributed by atoms with van der Waals surface area (Å²) in [5.74, 6) is 0. The molecule has 0 saturated heterocycles. The van der Waals surface area contributed by atoms with E-state index < -0.39 is 0 Å². The number of para-hydroxylation sites is 5. The fourth-order valence-corrected chi connectivity index (χ4v) is 14.2. The van der Waals surface area contributed by atoms with E-state index in [2.05, 4.69) is 224 Å². The van der Waals surface area contributed by atoms with Crippen LogP contribution in [0.4, 0.5) is 0 Å². The molecule has 18 rings (SSSR count). The average molecular weight is 857 g/mol. The van der Waals surface area contributed by atoms with Gasteiger partial charge in [0, 0.05) is 65.9 Å². The van der Waals surface area contributed by atoms with Crippen molar-refractivity contribution in [3.8, 4) is 55.9 Å². The molecule has 68 heavy (non-hydrogen) atoms. The zero-order valence-corrected chi connectivity index (χ0v) is 36.6. The predicted octanol–water partition coefficient (Wildman–Crippen LogP) is 12.2. The molecular formula is C62H34B2N4. The number of nitrogens with zero attached hydrogens (tertiary/aromatic N) is 4. The van der Waals surface area contributed by atoms with Crippen molar-refractivity contribution in [2.75, 3.05) is 0 Å². The zero-order valence-electron chi connectivity index (χ0n) is 36.6. The summed E-state index contributed by atoms with van der Waals surface area (Å²) < 4.78 is 10.8. The maximum atomic E-state index is 2.81. The molecule has 0 saturated carbocycles. The fourth-order valence-electron chi connectivity index (χ4n) is 14.2. The molecule has 0 spiro atoms. The predicted molar refractivity (Wildman–Crippen MR) is 286 cm³/mol. The van der Waals surface area contributed by atoms with Gasteiger partial charge in [0.2, 0.25) is 0 Å². The topological polar surface area (TPSA) is 19.7 Å². The van der Waals surface area contributed by atoms with E-state index in [-0.39, 0.29) is 13.7 Å². The molecule has 0 unspecified atom stereocenters. The first-order valence-electron chi connectivity index (χ1n) is 23.9. The quantitative estimate of drug-likeness (QED) is 0.154. The van der Waals surface area contributed by atoms with Crippen LogP contribution in [-0.4, -0.2) is 31.8 Å². The Morgan fingerprint density at radius 1 is 0.279 bits per heavy atom. The molecule has 308 valence electrons. The molecule has 0 radical (unpaired) electrons. The summed E-state index contributed by atoms with van der Waals surface area (Å²) in [5.41, 5.74) is 28.7. The summed E-state index contributed by atoms with van der Waals surface area (Å²) >= 11 is 0. The molecule has 0 fully saturated rings. The number of hydrogen-bond donors (Lipinski definition) is 0. The number of aromatic nitrogens is 4. The van der Waals surface area contributed by atoms with Crippen LogP contribution in [0.5, 0.6) is 0 Å². The number of hydrogen-bond acceptors (Lipinski definition) is 0. The van der Waals surface area contributed by atoms with Gasteiger partial charge >= 0.3 is 13.7 Å². The largest absolute Gasteiger partial charge is 0.374 e. The van der Waals surface area contributed by atoms with E-state index in [1.165, 1.54) is 154 Å². The van der Waals surface area contributed by atoms with Crippen LogP contribution in [0.3, 0.4) is 0 Å². The number of rotatable bonds is 2. The van der Waals surface area contributed by atoms with Crippen LogP contribution >= 0.6 is 0 Å². The SMILES string of the molecule is c1ccc(-c2cc3c4ccccc4n4c3c3c2-c2cccc5c2n(c2c6ccc(-c7ccccc7)c7c6n(c52)B2c5ccccc5-n5c6ccccc6c6ccc-7c2c65)B3c2ccccc2-4)cc1. The van der Waals surface area contributed by atoms with Crippen molar-refractivity contribution in [2.24, 2.45) is 0 Å². The summed E-state index contributed by atoms with van der Waals surface area (Å²) in [6.45, 7) is -0.134. The Balaban J connectivity index is 1.09. The molecule has 8 heterocycles. The molecular weight excluding hydrogens is 822 g/mol. The van der Waals surface area contributed by atoms with Crippen LogP contribution in [-0.2, 0) is 0 Å². The molecule has 6 heteroatoms. The van der Waals surface area contributed by atoms with Gasteiger partial charge in [-0.3, -0.25) is 0 Å². The minimum atomic E-state index is -0.0774. The maximum Gasteiger partial charge on any atom is 0.333 e. The first kappa shape index (κ1) is 34.6. The fraction of sp³-hybridized carbons (Fsp3) is 0. The number of fused-ring (bicyclic) bond motifs is 21. The standard InChI is InChI=1S/C62H34B2N4/c1-3-16-35(17-4-1)37-30-33-44-58-54(37)41-32-31-40-38-20-7-11-26-49(38)65-51-28-13-9-24-47(51)63(55(41)59(40)65)68(58)61-43-23-15-22-42-53-45(36-18-5-2-6-19-36)34-46-39-21-8-12-27-50(39)66-52-29-14-10-25-48(52)64(56(53)60(46)66)67(57(42)43)62(44)61/h1-34H. The highest BCUT2D eigenvalue weighted by atomic mass is 15.1. The van der Waals surface area contributed by atoms with Gasteiger partial charge in [-0.2, -0.15) is 0 Å². The summed E-state index contributed by atoms with van der Waals surface area (Å²) in [7, 11) is 0. The highest BCUT2D eigenvalue weighted by Gasteiger charge is 2.47. The van der Waals surface area contributed by atoms with Gasteiger partial charge in [0.25, 0.3) is 0 Å². The first-order chi connectivity index (χ1) is 33.8. The molecule has 0 atom stereocenters. The van der Waals surface area contributed by atoms with Gasteiger partial charge in [-0.1, -0.05) is 176 Å². The third-order valence-corrected chi connectivity index (χ3v) is 16.5. The van der Waals surface area contributed by atoms with Crippen LogP contribution < -0.4 is 21.9 Å². The van der Waals surface area contributed by atoms with Crippen molar-refractivity contribution in [1.29, 1.82) is 0 Å². The Morgan fingerprint density at radius 2 is 0.794 bits per heavy atom. The number of benzene rings is 10. The minimum Gasteiger partial charge on any atom is -0.374 e. The molecule has 0 amide bonds. The van der Waals surface area contributed by atoms with Crippen molar-refractivity contribution in [2.45, 2.75) is 0 Å². The molecule has 4 nitrogen and oxygen atoms in total. The molecule has 4 aliphatic heterocycles. The van der Waals surface area contributed by atoms with Crippen LogP contribution in [0.25, 0.3) is 132 Å². The second-order valence-electron chi connectivity index (χ2n) is 19.4. The molecule has 0 aliphatic carbocycles. The monoisotopic (exact) mass is 856 g/mol. The molecule has 0 bridgehead atoms. The van der Waals surface area contributed by atoms with E-state index >= 15 is 0 Å². The Labute approximate surface area is 390 Å². The van der Waals surface area contributed by atoms with Crippen LogP contribution in [0, 0.1) is 0 Å². The lowest BCUT2D eigenvalue weighted by Gasteiger charge is -2.35. The Hall–Kier alpha value is -8.73. The summed E-state index contributed by atoms with van der Waals surface area (Å²) in [4.78, 5) is 0. The van der Waals surface area contributed by atoms with E-state index in [4.69, 9.17) is 0 Å². The molecule has 10 aromatic carbocycles. The summed E-state index contributed by atoms with van der Waals surface area (Å²) in [6, 6.07) is 78.2. The van der Waals surface area contributed by atoms with E-state index in [9.17, 15) is 0 Å². The van der Waals surface area contributed by atoms with Crippen LogP contribution in [0.1, 0.15) is 0 Å². The second-order valence-corrected chi connectivity index (χ2v) is 19.4. The van der Waals surface area contributed by atoms with Crippen molar-refractivity contribution in [3.63, 3.8) is 0 Å². The van der Waals surface area contributed by atoms with Gasteiger partial charge in [-0.25, -0.2) is 0 Å². The second kappa shape index (κ2) is 11.8. The lowest BCUT2D eigenvalue weighted by atomic mass is 9.45. The van der Waals surface area contributed by atoms with Gasteiger partial charge in [-0.05, 0) is 85.6 Å². The van der Waals surface area contributed by atoms with Gasteiger partial charge in [0.1, 0.15) is 0 Å². The highest BCUT2D eigenvalue weighted by molar-refractivity contribution is 6.92. The van der Waals surface area contributed by atoms with Crippen LogP contribution in [0.15, 0.2) is 206 Å². The van der Waals surface area contributed by atoms with Gasteiger partial charge in [-0.15, -0.1) is 0 Å². The first-order valence-corrected chi connectivity index (χ1v) is 23.9. The average Bonchev–Trinajstić information content (AvgIpc) is 4.14. The Kier molecular flexibility index (Phi) is 6.00. The van der Waals surface area contributed by atoms with Gasteiger partial charge in [0.15, 0.2) is 0 Å². The maximum absolute atomic E-state index is 2.81. The zero-order chi connectivity index (χ0) is 43.7. The summed E-state index contributed by atoms with van der Waals surface area (Å²) in [5, 5.41) is 7.80.